The van der Waals surface area contributed by atoms with Crippen molar-refractivity contribution in [2.75, 3.05) is 33.4 Å². The Kier molecular flexibility index (Phi) is 10.1. The first-order valence-electron chi connectivity index (χ1n) is 12.8. The molecule has 1 aliphatic rings. The molecule has 4 rings (SSSR count). The Morgan fingerprint density at radius 1 is 1.14 bits per heavy atom. The minimum atomic E-state index is 0. The van der Waals surface area contributed by atoms with Crippen molar-refractivity contribution < 1.29 is 19.1 Å². The number of nitrogens with two attached hydrogens (primary N) is 1. The van der Waals surface area contributed by atoms with Crippen LogP contribution in [0.5, 0.6) is 5.75 Å². The first-order valence-corrected chi connectivity index (χ1v) is 12.8. The van der Waals surface area contributed by atoms with Crippen molar-refractivity contribution >= 4 is 35.0 Å². The molecule has 2 aromatic carbocycles. The van der Waals surface area contributed by atoms with E-state index in [1.807, 2.05) is 42.3 Å². The number of amides is 1. The summed E-state index contributed by atoms with van der Waals surface area (Å²) >= 11 is 0. The molecule has 2 N–H and O–H groups in total. The summed E-state index contributed by atoms with van der Waals surface area (Å²) in [4.78, 5) is 27.4. The number of aromatic nitrogens is 1. The summed E-state index contributed by atoms with van der Waals surface area (Å²) in [5.41, 5.74) is 11.0. The molecule has 0 bridgehead atoms. The molecule has 200 valence electrons. The number of carbonyl (C=O) groups is 2. The summed E-state index contributed by atoms with van der Waals surface area (Å²) in [5.74, 6) is 1.14. The van der Waals surface area contributed by atoms with Gasteiger partial charge in [0, 0.05) is 51.3 Å². The molecule has 37 heavy (non-hydrogen) atoms. The third-order valence-electron chi connectivity index (χ3n) is 7.18. The highest BCUT2D eigenvalue weighted by molar-refractivity contribution is 6.07. The first-order chi connectivity index (χ1) is 17.5. The highest BCUT2D eigenvalue weighted by atomic mass is 35.5. The predicted molar refractivity (Wildman–Crippen MR) is 149 cm³/mol. The fraction of sp³-hybridized carbons (Fsp3) is 0.448. The number of Topliss-reactive ketones (excluding diaryl/α,β-unsaturated/α-hetero) is 1. The molecule has 7 nitrogen and oxygen atoms in total. The van der Waals surface area contributed by atoms with Crippen molar-refractivity contribution in [1.82, 2.24) is 9.47 Å². The largest absolute Gasteiger partial charge is 0.486 e. The summed E-state index contributed by atoms with van der Waals surface area (Å²) < 4.78 is 13.3. The molecule has 2 heterocycles. The summed E-state index contributed by atoms with van der Waals surface area (Å²) in [6, 6.07) is 12.1. The van der Waals surface area contributed by atoms with Crippen LogP contribution < -0.4 is 10.5 Å². The number of aryl methyl sites for hydroxylation is 1. The number of ether oxygens (including phenoxy) is 2. The van der Waals surface area contributed by atoms with Crippen molar-refractivity contribution in [3.8, 4) is 5.75 Å². The second-order valence-electron chi connectivity index (χ2n) is 9.52. The van der Waals surface area contributed by atoms with Gasteiger partial charge in [0.25, 0.3) is 5.91 Å². The molecule has 0 radical (unpaired) electrons. The average molecular weight is 528 g/mol. The van der Waals surface area contributed by atoms with Gasteiger partial charge < -0.3 is 24.7 Å². The van der Waals surface area contributed by atoms with E-state index in [1.165, 1.54) is 0 Å². The number of rotatable bonds is 10. The number of methoxy groups -OCH3 is 1. The molecule has 8 heteroatoms. The Morgan fingerprint density at radius 3 is 2.57 bits per heavy atom. The Labute approximate surface area is 225 Å². The molecule has 1 amide bonds. The molecule has 1 aliphatic heterocycles. The van der Waals surface area contributed by atoms with Crippen LogP contribution in [0, 0.1) is 6.92 Å². The van der Waals surface area contributed by atoms with Gasteiger partial charge in [-0.25, -0.2) is 0 Å². The van der Waals surface area contributed by atoms with Gasteiger partial charge in [-0.3, -0.25) is 9.59 Å². The molecule has 0 atom stereocenters. The van der Waals surface area contributed by atoms with Gasteiger partial charge in [0.1, 0.15) is 12.4 Å². The third kappa shape index (κ3) is 6.35. The third-order valence-corrected chi connectivity index (χ3v) is 7.18. The molecule has 0 saturated carbocycles. The van der Waals surface area contributed by atoms with E-state index in [0.717, 1.165) is 51.7 Å². The lowest BCUT2D eigenvalue weighted by atomic mass is 9.87. The van der Waals surface area contributed by atoms with Crippen LogP contribution in [0.3, 0.4) is 0 Å². The fourth-order valence-electron chi connectivity index (χ4n) is 5.08. The van der Waals surface area contributed by atoms with E-state index in [2.05, 4.69) is 23.6 Å². The first kappa shape index (κ1) is 28.7. The Balaban J connectivity index is 0.00000380. The van der Waals surface area contributed by atoms with Gasteiger partial charge >= 0.3 is 0 Å². The number of benzene rings is 2. The Morgan fingerprint density at radius 2 is 1.89 bits per heavy atom. The van der Waals surface area contributed by atoms with Gasteiger partial charge in [-0.2, -0.15) is 0 Å². The number of ketones is 1. The van der Waals surface area contributed by atoms with Crippen molar-refractivity contribution in [2.24, 2.45) is 5.73 Å². The highest BCUT2D eigenvalue weighted by Gasteiger charge is 2.28. The van der Waals surface area contributed by atoms with Crippen LogP contribution in [0.15, 0.2) is 42.6 Å². The number of likely N-dealkylation sites (tertiary alicyclic amines) is 1. The van der Waals surface area contributed by atoms with E-state index in [0.29, 0.717) is 39.2 Å². The van der Waals surface area contributed by atoms with Gasteiger partial charge in [-0.1, -0.05) is 37.3 Å². The van der Waals surface area contributed by atoms with Gasteiger partial charge in [-0.05, 0) is 48.4 Å². The minimum absolute atomic E-state index is 0. The van der Waals surface area contributed by atoms with E-state index in [1.54, 1.807) is 7.11 Å². The fourth-order valence-corrected chi connectivity index (χ4v) is 5.08. The average Bonchev–Trinajstić information content (AvgIpc) is 3.29. The second-order valence-corrected chi connectivity index (χ2v) is 9.52. The smallest absolute Gasteiger partial charge is 0.256 e. The normalized spacial score (nSPS) is 14.0. The van der Waals surface area contributed by atoms with Crippen LogP contribution >= 0.6 is 12.4 Å². The van der Waals surface area contributed by atoms with Crippen molar-refractivity contribution in [2.45, 2.75) is 52.1 Å². The molecule has 0 spiro atoms. The predicted octanol–water partition coefficient (Wildman–Crippen LogP) is 4.85. The maximum absolute atomic E-state index is 13.6. The second kappa shape index (κ2) is 13.1. The van der Waals surface area contributed by atoms with E-state index in [-0.39, 0.29) is 36.6 Å². The molecule has 1 aromatic heterocycles. The number of nitrogens with zero attached hydrogens (tertiary/aromatic N) is 2. The molecule has 3 aromatic rings. The van der Waals surface area contributed by atoms with Crippen molar-refractivity contribution in [1.29, 1.82) is 0 Å². The lowest BCUT2D eigenvalue weighted by molar-refractivity contribution is -0.120. The zero-order valence-corrected chi connectivity index (χ0v) is 22.8. The lowest BCUT2D eigenvalue weighted by Crippen LogP contribution is -2.38. The Hall–Kier alpha value is -2.87. The summed E-state index contributed by atoms with van der Waals surface area (Å²) in [6.07, 6.45) is 4.10. The quantitative estimate of drug-likeness (QED) is 0.407. The van der Waals surface area contributed by atoms with Gasteiger partial charge in [0.15, 0.2) is 5.78 Å². The summed E-state index contributed by atoms with van der Waals surface area (Å²) in [5, 5.41) is 0.991. The minimum Gasteiger partial charge on any atom is -0.486 e. The van der Waals surface area contributed by atoms with Crippen LogP contribution in [0.25, 0.3) is 10.9 Å². The van der Waals surface area contributed by atoms with Crippen LogP contribution in [-0.4, -0.2) is 54.6 Å². The molecule has 1 saturated heterocycles. The standard InChI is InChI=1S/C29H37N3O4.ClH/c1-4-23(33)19-36-27-9-8-21(17-30)16-25(27)22-10-12-31(13-11-22)29(34)26-18-32(14-15-35-3)28-20(2)6-5-7-24(26)28;/h5-9,16,18,22H,4,10-15,17,19,30H2,1-3H3;1H. The lowest BCUT2D eigenvalue weighted by Gasteiger charge is -2.33. The van der Waals surface area contributed by atoms with E-state index < -0.39 is 0 Å². The molecular weight excluding hydrogens is 490 g/mol. The number of hydrogen-bond donors (Lipinski definition) is 1. The highest BCUT2D eigenvalue weighted by Crippen LogP contribution is 2.36. The SMILES string of the molecule is CCC(=O)COc1ccc(CN)cc1C1CCN(C(=O)c2cn(CCOC)c3c(C)cccc23)CC1.Cl. The molecular formula is C29H38ClN3O4. The molecule has 1 fully saturated rings. The Bertz CT molecular complexity index is 1230. The van der Waals surface area contributed by atoms with Crippen molar-refractivity contribution in [3.63, 3.8) is 0 Å². The van der Waals surface area contributed by atoms with E-state index in [9.17, 15) is 9.59 Å². The molecule has 0 unspecified atom stereocenters. The number of hydrogen-bond acceptors (Lipinski definition) is 5. The van der Waals surface area contributed by atoms with Gasteiger partial charge in [0.2, 0.25) is 0 Å². The number of para-hydroxylation sites is 1. The van der Waals surface area contributed by atoms with Crippen molar-refractivity contribution in [3.05, 3.63) is 64.8 Å². The summed E-state index contributed by atoms with van der Waals surface area (Å²) in [6.45, 7) is 7.07. The number of piperidine rings is 1. The van der Waals surface area contributed by atoms with Crippen LogP contribution in [0.2, 0.25) is 0 Å². The van der Waals surface area contributed by atoms with Crippen LogP contribution in [0.1, 0.15) is 59.2 Å². The number of carbonyl (C=O) groups excluding carboxylic acids is 2. The van der Waals surface area contributed by atoms with E-state index >= 15 is 0 Å². The zero-order valence-electron chi connectivity index (χ0n) is 22.0. The zero-order chi connectivity index (χ0) is 25.7. The van der Waals surface area contributed by atoms with Crippen LogP contribution in [-0.2, 0) is 22.6 Å². The van der Waals surface area contributed by atoms with E-state index in [4.69, 9.17) is 15.2 Å². The maximum Gasteiger partial charge on any atom is 0.256 e. The maximum atomic E-state index is 13.6. The monoisotopic (exact) mass is 527 g/mol. The van der Waals surface area contributed by atoms with Crippen LogP contribution in [0.4, 0.5) is 0 Å². The van der Waals surface area contributed by atoms with Gasteiger partial charge in [0.05, 0.1) is 17.7 Å². The number of fused-ring (bicyclic) bond motifs is 1. The molecule has 0 aliphatic carbocycles. The summed E-state index contributed by atoms with van der Waals surface area (Å²) in [7, 11) is 1.69. The number of halogens is 1. The topological polar surface area (TPSA) is 86.8 Å². The van der Waals surface area contributed by atoms with Gasteiger partial charge in [-0.15, -0.1) is 12.4 Å².